The molecule has 1 aliphatic rings. The SMILES string of the molecule is COc1cc(CCC(=O)NC2CCC(C)CC2)ccc1OCCn1cccn1. The number of carbonyl (C=O) groups excluding carboxylic acids is 1. The van der Waals surface area contributed by atoms with Crippen LogP contribution in [0.2, 0.25) is 0 Å². The van der Waals surface area contributed by atoms with Crippen molar-refractivity contribution in [1.29, 1.82) is 0 Å². The summed E-state index contributed by atoms with van der Waals surface area (Å²) in [6, 6.07) is 8.11. The monoisotopic (exact) mass is 385 g/mol. The van der Waals surface area contributed by atoms with E-state index in [1.165, 1.54) is 12.8 Å². The quantitative estimate of drug-likeness (QED) is 0.716. The molecule has 28 heavy (non-hydrogen) atoms. The van der Waals surface area contributed by atoms with Gasteiger partial charge < -0.3 is 14.8 Å². The van der Waals surface area contributed by atoms with Crippen LogP contribution in [0.4, 0.5) is 0 Å². The second-order valence-electron chi connectivity index (χ2n) is 7.63. The molecule has 3 rings (SSSR count). The third-order valence-electron chi connectivity index (χ3n) is 5.39. The third kappa shape index (κ3) is 6.01. The van der Waals surface area contributed by atoms with E-state index in [1.807, 2.05) is 35.1 Å². The first kappa shape index (κ1) is 20.2. The van der Waals surface area contributed by atoms with Crippen molar-refractivity contribution < 1.29 is 14.3 Å². The van der Waals surface area contributed by atoms with E-state index in [9.17, 15) is 4.79 Å². The minimum Gasteiger partial charge on any atom is -0.493 e. The van der Waals surface area contributed by atoms with Gasteiger partial charge in [-0.25, -0.2) is 0 Å². The van der Waals surface area contributed by atoms with Crippen molar-refractivity contribution in [2.75, 3.05) is 13.7 Å². The number of carbonyl (C=O) groups is 1. The largest absolute Gasteiger partial charge is 0.493 e. The molecule has 6 heteroatoms. The molecule has 1 aliphatic carbocycles. The molecule has 152 valence electrons. The molecule has 0 unspecified atom stereocenters. The summed E-state index contributed by atoms with van der Waals surface area (Å²) in [7, 11) is 1.64. The number of amides is 1. The highest BCUT2D eigenvalue weighted by Gasteiger charge is 2.19. The van der Waals surface area contributed by atoms with E-state index < -0.39 is 0 Å². The van der Waals surface area contributed by atoms with Gasteiger partial charge >= 0.3 is 0 Å². The number of aryl methyl sites for hydroxylation is 1. The Morgan fingerprint density at radius 2 is 2.07 bits per heavy atom. The fraction of sp³-hybridized carbons (Fsp3) is 0.545. The van der Waals surface area contributed by atoms with Gasteiger partial charge in [0.15, 0.2) is 11.5 Å². The molecule has 1 heterocycles. The molecule has 1 aromatic heterocycles. The Morgan fingerprint density at radius 1 is 1.25 bits per heavy atom. The molecular formula is C22H31N3O3. The van der Waals surface area contributed by atoms with E-state index >= 15 is 0 Å². The van der Waals surface area contributed by atoms with E-state index in [0.29, 0.717) is 43.5 Å². The fourth-order valence-corrected chi connectivity index (χ4v) is 3.63. The van der Waals surface area contributed by atoms with Crippen molar-refractivity contribution in [2.45, 2.75) is 58.0 Å². The van der Waals surface area contributed by atoms with Crippen LogP contribution in [-0.4, -0.2) is 35.4 Å². The first-order valence-electron chi connectivity index (χ1n) is 10.2. The maximum atomic E-state index is 12.3. The van der Waals surface area contributed by atoms with Crippen molar-refractivity contribution in [3.8, 4) is 11.5 Å². The zero-order chi connectivity index (χ0) is 19.8. The number of hydrogen-bond donors (Lipinski definition) is 1. The minimum absolute atomic E-state index is 0.137. The average molecular weight is 386 g/mol. The molecular weight excluding hydrogens is 354 g/mol. The molecule has 0 bridgehead atoms. The summed E-state index contributed by atoms with van der Waals surface area (Å²) in [5.74, 6) is 2.33. The van der Waals surface area contributed by atoms with Crippen LogP contribution in [0.3, 0.4) is 0 Å². The van der Waals surface area contributed by atoms with Gasteiger partial charge in [-0.1, -0.05) is 13.0 Å². The molecule has 1 saturated carbocycles. The number of rotatable bonds is 9. The molecule has 2 aromatic rings. The lowest BCUT2D eigenvalue weighted by Crippen LogP contribution is -2.37. The molecule has 0 spiro atoms. The molecule has 0 radical (unpaired) electrons. The van der Waals surface area contributed by atoms with E-state index in [0.717, 1.165) is 24.3 Å². The Kier molecular flexibility index (Phi) is 7.34. The Bertz CT molecular complexity index is 737. The molecule has 1 amide bonds. The van der Waals surface area contributed by atoms with Crippen LogP contribution < -0.4 is 14.8 Å². The highest BCUT2D eigenvalue weighted by molar-refractivity contribution is 5.76. The second-order valence-corrected chi connectivity index (χ2v) is 7.63. The summed E-state index contributed by atoms with van der Waals surface area (Å²) in [6.07, 6.45) is 9.47. The minimum atomic E-state index is 0.137. The van der Waals surface area contributed by atoms with Gasteiger partial charge in [-0.3, -0.25) is 9.48 Å². The van der Waals surface area contributed by atoms with E-state index in [4.69, 9.17) is 9.47 Å². The van der Waals surface area contributed by atoms with Gasteiger partial charge in [-0.15, -0.1) is 0 Å². The van der Waals surface area contributed by atoms with Crippen LogP contribution >= 0.6 is 0 Å². The Balaban J connectivity index is 1.45. The molecule has 0 saturated heterocycles. The highest BCUT2D eigenvalue weighted by atomic mass is 16.5. The lowest BCUT2D eigenvalue weighted by atomic mass is 9.87. The van der Waals surface area contributed by atoms with Crippen LogP contribution in [0.5, 0.6) is 11.5 Å². The van der Waals surface area contributed by atoms with Gasteiger partial charge in [0.25, 0.3) is 0 Å². The predicted molar refractivity (Wildman–Crippen MR) is 109 cm³/mol. The third-order valence-corrected chi connectivity index (χ3v) is 5.39. The first-order valence-corrected chi connectivity index (χ1v) is 10.2. The number of nitrogens with one attached hydrogen (secondary N) is 1. The lowest BCUT2D eigenvalue weighted by molar-refractivity contribution is -0.122. The van der Waals surface area contributed by atoms with Gasteiger partial charge in [0.1, 0.15) is 6.61 Å². The molecule has 1 fully saturated rings. The van der Waals surface area contributed by atoms with Crippen molar-refractivity contribution in [1.82, 2.24) is 15.1 Å². The van der Waals surface area contributed by atoms with E-state index in [-0.39, 0.29) is 5.91 Å². The summed E-state index contributed by atoms with van der Waals surface area (Å²) >= 11 is 0. The fourth-order valence-electron chi connectivity index (χ4n) is 3.63. The van der Waals surface area contributed by atoms with Gasteiger partial charge in [0.05, 0.1) is 13.7 Å². The smallest absolute Gasteiger partial charge is 0.220 e. The van der Waals surface area contributed by atoms with Crippen molar-refractivity contribution in [2.24, 2.45) is 5.92 Å². The van der Waals surface area contributed by atoms with E-state index in [2.05, 4.69) is 17.3 Å². The Hall–Kier alpha value is -2.50. The molecule has 1 N–H and O–H groups in total. The normalized spacial score (nSPS) is 19.2. The topological polar surface area (TPSA) is 65.4 Å². The molecule has 0 atom stereocenters. The van der Waals surface area contributed by atoms with Crippen LogP contribution in [-0.2, 0) is 17.8 Å². The van der Waals surface area contributed by atoms with Crippen LogP contribution in [0.1, 0.15) is 44.6 Å². The summed E-state index contributed by atoms with van der Waals surface area (Å²) in [5, 5.41) is 7.35. The second kappa shape index (κ2) is 10.2. The van der Waals surface area contributed by atoms with Gasteiger partial charge in [0, 0.05) is 24.9 Å². The number of methoxy groups -OCH3 is 1. The van der Waals surface area contributed by atoms with E-state index in [1.54, 1.807) is 13.3 Å². The maximum Gasteiger partial charge on any atom is 0.220 e. The lowest BCUT2D eigenvalue weighted by Gasteiger charge is -2.26. The zero-order valence-corrected chi connectivity index (χ0v) is 16.9. The van der Waals surface area contributed by atoms with Crippen molar-refractivity contribution in [3.63, 3.8) is 0 Å². The number of hydrogen-bond acceptors (Lipinski definition) is 4. The molecule has 1 aromatic carbocycles. The predicted octanol–water partition coefficient (Wildman–Crippen LogP) is 3.60. The number of nitrogens with zero attached hydrogens (tertiary/aromatic N) is 2. The molecule has 6 nitrogen and oxygen atoms in total. The standard InChI is InChI=1S/C22H31N3O3/c1-17-4-8-19(9-5-17)24-22(26)11-7-18-6-10-20(21(16-18)27-2)28-15-14-25-13-3-12-23-25/h3,6,10,12-13,16-17,19H,4-5,7-9,11,14-15H2,1-2H3,(H,24,26). The van der Waals surface area contributed by atoms with Crippen LogP contribution in [0.25, 0.3) is 0 Å². The highest BCUT2D eigenvalue weighted by Crippen LogP contribution is 2.28. The molecule has 0 aliphatic heterocycles. The number of aromatic nitrogens is 2. The van der Waals surface area contributed by atoms with Crippen molar-refractivity contribution >= 4 is 5.91 Å². The number of benzene rings is 1. The Labute approximate surface area is 167 Å². The van der Waals surface area contributed by atoms with Gasteiger partial charge in [0.2, 0.25) is 5.91 Å². The van der Waals surface area contributed by atoms with Crippen LogP contribution in [0, 0.1) is 5.92 Å². The zero-order valence-electron chi connectivity index (χ0n) is 16.9. The summed E-state index contributed by atoms with van der Waals surface area (Å²) in [4.78, 5) is 12.3. The summed E-state index contributed by atoms with van der Waals surface area (Å²) in [6.45, 7) is 3.48. The number of ether oxygens (including phenoxy) is 2. The van der Waals surface area contributed by atoms with Gasteiger partial charge in [-0.2, -0.15) is 5.10 Å². The average Bonchev–Trinajstić information content (AvgIpc) is 3.22. The van der Waals surface area contributed by atoms with Crippen LogP contribution in [0.15, 0.2) is 36.7 Å². The maximum absolute atomic E-state index is 12.3. The Morgan fingerprint density at radius 3 is 2.79 bits per heavy atom. The first-order chi connectivity index (χ1) is 13.6. The van der Waals surface area contributed by atoms with Gasteiger partial charge in [-0.05, 0) is 61.8 Å². The summed E-state index contributed by atoms with van der Waals surface area (Å²) in [5.41, 5.74) is 1.07. The van der Waals surface area contributed by atoms with Crippen molar-refractivity contribution in [3.05, 3.63) is 42.2 Å². The summed E-state index contributed by atoms with van der Waals surface area (Å²) < 4.78 is 13.1.